The largest absolute Gasteiger partial charge is 0.497 e. The maximum atomic E-state index is 5.91. The molecular formula is C20H25Cl2N5OS. The van der Waals surface area contributed by atoms with Crippen molar-refractivity contribution in [2.24, 2.45) is 5.73 Å². The van der Waals surface area contributed by atoms with Crippen LogP contribution in [0.25, 0.3) is 10.6 Å². The fourth-order valence-corrected chi connectivity index (χ4v) is 4.10. The number of ether oxygens (including phenoxy) is 1. The van der Waals surface area contributed by atoms with Crippen LogP contribution in [-0.2, 0) is 6.54 Å². The molecular weight excluding hydrogens is 429 g/mol. The van der Waals surface area contributed by atoms with E-state index in [0.717, 1.165) is 51.4 Å². The lowest BCUT2D eigenvalue weighted by molar-refractivity contribution is 0.344. The van der Waals surface area contributed by atoms with E-state index in [4.69, 9.17) is 10.5 Å². The van der Waals surface area contributed by atoms with E-state index in [-0.39, 0.29) is 24.8 Å². The highest BCUT2D eigenvalue weighted by atomic mass is 35.5. The Morgan fingerprint density at radius 2 is 2.00 bits per heavy atom. The minimum atomic E-state index is 0. The molecule has 1 aliphatic carbocycles. The van der Waals surface area contributed by atoms with E-state index in [2.05, 4.69) is 20.3 Å². The van der Waals surface area contributed by atoms with E-state index >= 15 is 0 Å². The minimum absolute atomic E-state index is 0. The Bertz CT molecular complexity index is 946. The van der Waals surface area contributed by atoms with Crippen molar-refractivity contribution in [1.82, 2.24) is 15.0 Å². The van der Waals surface area contributed by atoms with E-state index < -0.39 is 0 Å². The first-order valence-corrected chi connectivity index (χ1v) is 9.86. The van der Waals surface area contributed by atoms with Crippen molar-refractivity contribution < 1.29 is 4.74 Å². The number of thiazole rings is 1. The quantitative estimate of drug-likeness (QED) is 0.567. The maximum absolute atomic E-state index is 5.91. The fourth-order valence-electron chi connectivity index (χ4n) is 3.25. The van der Waals surface area contributed by atoms with Gasteiger partial charge in [0.05, 0.1) is 13.7 Å². The van der Waals surface area contributed by atoms with Crippen molar-refractivity contribution in [3.63, 3.8) is 0 Å². The summed E-state index contributed by atoms with van der Waals surface area (Å²) in [7, 11) is 1.67. The van der Waals surface area contributed by atoms with Crippen LogP contribution in [0, 0.1) is 6.92 Å². The summed E-state index contributed by atoms with van der Waals surface area (Å²) in [5, 5.41) is 4.39. The van der Waals surface area contributed by atoms with Crippen molar-refractivity contribution in [1.29, 1.82) is 0 Å². The number of hydrogen-bond donors (Lipinski definition) is 2. The Morgan fingerprint density at radius 1 is 1.21 bits per heavy atom. The van der Waals surface area contributed by atoms with E-state index in [1.807, 2.05) is 43.5 Å². The Balaban J connectivity index is 0.00000150. The average molecular weight is 454 g/mol. The second kappa shape index (κ2) is 10.2. The summed E-state index contributed by atoms with van der Waals surface area (Å²) >= 11 is 1.67. The molecule has 0 atom stereocenters. The van der Waals surface area contributed by atoms with E-state index in [9.17, 15) is 0 Å². The first kappa shape index (κ1) is 23.3. The van der Waals surface area contributed by atoms with Gasteiger partial charge >= 0.3 is 0 Å². The summed E-state index contributed by atoms with van der Waals surface area (Å²) in [6.45, 7) is 2.61. The number of halogens is 2. The highest BCUT2D eigenvalue weighted by molar-refractivity contribution is 7.15. The molecule has 4 rings (SSSR count). The normalized spacial score (nSPS) is 17.5. The molecule has 156 valence electrons. The molecule has 0 spiro atoms. The van der Waals surface area contributed by atoms with Gasteiger partial charge < -0.3 is 15.8 Å². The van der Waals surface area contributed by atoms with Gasteiger partial charge in [0.15, 0.2) is 0 Å². The molecule has 0 amide bonds. The smallest absolute Gasteiger partial charge is 0.130 e. The summed E-state index contributed by atoms with van der Waals surface area (Å²) in [6, 6.07) is 10.3. The summed E-state index contributed by atoms with van der Waals surface area (Å²) in [5.41, 5.74) is 8.07. The number of rotatable bonds is 6. The number of nitrogens with one attached hydrogen (secondary N) is 1. The molecule has 1 fully saturated rings. The molecule has 1 saturated carbocycles. The molecule has 9 heteroatoms. The third-order valence-electron chi connectivity index (χ3n) is 4.76. The Morgan fingerprint density at radius 3 is 2.72 bits per heavy atom. The Hall–Kier alpha value is -1.93. The van der Waals surface area contributed by atoms with Crippen LogP contribution in [0.5, 0.6) is 5.75 Å². The third kappa shape index (κ3) is 5.57. The van der Waals surface area contributed by atoms with Crippen LogP contribution in [0.1, 0.15) is 35.2 Å². The van der Waals surface area contributed by atoms with Crippen molar-refractivity contribution in [3.05, 3.63) is 52.9 Å². The number of methoxy groups -OCH3 is 1. The number of nitrogens with zero attached hydrogens (tertiary/aromatic N) is 3. The second-order valence-electron chi connectivity index (χ2n) is 6.87. The van der Waals surface area contributed by atoms with Gasteiger partial charge in [0.2, 0.25) is 0 Å². The second-order valence-corrected chi connectivity index (χ2v) is 7.99. The van der Waals surface area contributed by atoms with Crippen molar-refractivity contribution in [2.75, 3.05) is 12.4 Å². The molecule has 3 N–H and O–H groups in total. The fraction of sp³-hybridized carbons (Fsp3) is 0.350. The van der Waals surface area contributed by atoms with Crippen molar-refractivity contribution >= 4 is 42.0 Å². The zero-order chi connectivity index (χ0) is 18.8. The molecule has 0 bridgehead atoms. The van der Waals surface area contributed by atoms with Gasteiger partial charge in [0.25, 0.3) is 0 Å². The van der Waals surface area contributed by atoms with Crippen LogP contribution >= 0.6 is 36.2 Å². The highest BCUT2D eigenvalue weighted by Crippen LogP contribution is 2.35. The van der Waals surface area contributed by atoms with Gasteiger partial charge in [-0.2, -0.15) is 0 Å². The van der Waals surface area contributed by atoms with Crippen LogP contribution in [0.2, 0.25) is 0 Å². The Kier molecular flexibility index (Phi) is 8.22. The van der Waals surface area contributed by atoms with Gasteiger partial charge in [-0.25, -0.2) is 15.0 Å². The third-order valence-corrected chi connectivity index (χ3v) is 5.81. The van der Waals surface area contributed by atoms with E-state index in [1.54, 1.807) is 18.4 Å². The molecule has 2 heterocycles. The topological polar surface area (TPSA) is 86.0 Å². The zero-order valence-electron chi connectivity index (χ0n) is 16.3. The van der Waals surface area contributed by atoms with Crippen LogP contribution in [0.4, 0.5) is 5.82 Å². The molecule has 2 aromatic heterocycles. The number of aryl methyl sites for hydroxylation is 1. The lowest BCUT2D eigenvalue weighted by atomic mass is 9.78. The molecule has 0 saturated heterocycles. The van der Waals surface area contributed by atoms with Gasteiger partial charge in [0.1, 0.15) is 22.4 Å². The SMILES string of the molecule is COc1cccc(-c2ncc(CNc3cc(C4CC(N)C4)nc(C)n3)s2)c1.Cl.Cl. The lowest BCUT2D eigenvalue weighted by Gasteiger charge is -2.32. The minimum Gasteiger partial charge on any atom is -0.497 e. The maximum Gasteiger partial charge on any atom is 0.130 e. The van der Waals surface area contributed by atoms with E-state index in [0.29, 0.717) is 18.5 Å². The molecule has 29 heavy (non-hydrogen) atoms. The number of aromatic nitrogens is 3. The van der Waals surface area contributed by atoms with E-state index in [1.165, 1.54) is 0 Å². The molecule has 0 aliphatic heterocycles. The lowest BCUT2D eigenvalue weighted by Crippen LogP contribution is -2.35. The Labute approximate surface area is 187 Å². The van der Waals surface area contributed by atoms with Gasteiger partial charge in [-0.15, -0.1) is 36.2 Å². The molecule has 6 nitrogen and oxygen atoms in total. The highest BCUT2D eigenvalue weighted by Gasteiger charge is 2.28. The monoisotopic (exact) mass is 453 g/mol. The van der Waals surface area contributed by atoms with Crippen LogP contribution in [0.15, 0.2) is 36.5 Å². The number of anilines is 1. The molecule has 0 radical (unpaired) electrons. The predicted molar refractivity (Wildman–Crippen MR) is 123 cm³/mol. The van der Waals surface area contributed by atoms with Crippen LogP contribution < -0.4 is 15.8 Å². The van der Waals surface area contributed by atoms with Crippen molar-refractivity contribution in [3.8, 4) is 16.3 Å². The summed E-state index contributed by atoms with van der Waals surface area (Å²) in [4.78, 5) is 14.8. The van der Waals surface area contributed by atoms with Gasteiger partial charge in [-0.3, -0.25) is 0 Å². The van der Waals surface area contributed by atoms with Gasteiger partial charge in [0, 0.05) is 40.4 Å². The number of hydrogen-bond acceptors (Lipinski definition) is 7. The van der Waals surface area contributed by atoms with Crippen molar-refractivity contribution in [2.45, 2.75) is 38.3 Å². The molecule has 0 unspecified atom stereocenters. The summed E-state index contributed by atoms with van der Waals surface area (Å²) < 4.78 is 5.29. The number of nitrogens with two attached hydrogens (primary N) is 1. The number of benzene rings is 1. The molecule has 3 aromatic rings. The summed E-state index contributed by atoms with van der Waals surface area (Å²) in [5.74, 6) is 2.94. The predicted octanol–water partition coefficient (Wildman–Crippen LogP) is 4.58. The average Bonchev–Trinajstić information content (AvgIpc) is 3.12. The van der Waals surface area contributed by atoms with Gasteiger partial charge in [-0.05, 0) is 31.9 Å². The molecule has 1 aliphatic rings. The van der Waals surface area contributed by atoms with Crippen LogP contribution in [0.3, 0.4) is 0 Å². The molecule has 1 aromatic carbocycles. The summed E-state index contributed by atoms with van der Waals surface area (Å²) in [6.07, 6.45) is 3.93. The van der Waals surface area contributed by atoms with Crippen LogP contribution in [-0.4, -0.2) is 28.1 Å². The van der Waals surface area contributed by atoms with Gasteiger partial charge in [-0.1, -0.05) is 12.1 Å². The first-order chi connectivity index (χ1) is 13.1. The zero-order valence-corrected chi connectivity index (χ0v) is 18.7. The first-order valence-electron chi connectivity index (χ1n) is 9.05. The standard InChI is InChI=1S/C20H23N5OS.2ClH/c1-12-24-18(14-6-15(21)7-14)9-19(25-12)22-10-17-11-23-20(27-17)13-4-3-5-16(8-13)26-2;;/h3-5,8-9,11,14-15H,6-7,10,21H2,1-2H3,(H,22,24,25);2*1H.